The number of aliphatic hydroxyl groups is 2. The Morgan fingerprint density at radius 2 is 1.96 bits per heavy atom. The fourth-order valence-electron chi connectivity index (χ4n) is 3.71. The van der Waals surface area contributed by atoms with Crippen molar-refractivity contribution < 1.29 is 19.4 Å². The second-order valence-corrected chi connectivity index (χ2v) is 6.56. The lowest BCUT2D eigenvalue weighted by atomic mass is 9.66. The number of imidazole rings is 1. The van der Waals surface area contributed by atoms with Gasteiger partial charge in [0.25, 0.3) is 5.91 Å². The molecule has 8 nitrogen and oxygen atoms in total. The number of carbonyl (C=O) groups excluding carboxylic acids is 1. The lowest BCUT2D eigenvalue weighted by molar-refractivity contribution is 0.0510. The molecule has 4 rings (SSSR count). The molecule has 2 heterocycles. The number of carbonyl (C=O) groups is 1. The number of hydrogen-bond donors (Lipinski definition) is 3. The molecule has 1 aliphatic carbocycles. The smallest absolute Gasteiger partial charge is 0.256 e. The molecule has 28 heavy (non-hydrogen) atoms. The number of halogens is 1. The molecule has 0 unspecified atom stereocenters. The van der Waals surface area contributed by atoms with E-state index < -0.39 is 12.0 Å². The third-order valence-corrected chi connectivity index (χ3v) is 5.15. The molecular weight excluding hydrogens is 365 g/mol. The average Bonchev–Trinajstić information content (AvgIpc) is 3.13. The molecule has 9 heteroatoms. The average molecular weight is 383 g/mol. The SMILES string of the molecule is O=C(Nc1ncnc2c1ncn2[C@@H]1/C(=C/F)[C@H](CO)[C@H]1CO)c1ccccc1. The van der Waals surface area contributed by atoms with E-state index in [1.54, 1.807) is 28.8 Å². The number of nitrogens with one attached hydrogen (secondary N) is 1. The first-order valence-corrected chi connectivity index (χ1v) is 8.75. The molecule has 1 fully saturated rings. The van der Waals surface area contributed by atoms with Crippen LogP contribution in [0, 0.1) is 11.8 Å². The molecule has 3 aromatic rings. The highest BCUT2D eigenvalue weighted by molar-refractivity contribution is 6.06. The molecular formula is C19H18FN5O3. The van der Waals surface area contributed by atoms with Crippen molar-refractivity contribution in [3.8, 4) is 0 Å². The minimum atomic E-state index is -0.510. The summed E-state index contributed by atoms with van der Waals surface area (Å²) in [5.41, 5.74) is 1.60. The first kappa shape index (κ1) is 18.2. The largest absolute Gasteiger partial charge is 0.396 e. The Hall–Kier alpha value is -3.17. The van der Waals surface area contributed by atoms with E-state index in [1.807, 2.05) is 6.07 Å². The van der Waals surface area contributed by atoms with Crippen molar-refractivity contribution in [2.24, 2.45) is 11.8 Å². The van der Waals surface area contributed by atoms with Gasteiger partial charge in [0, 0.05) is 24.0 Å². The van der Waals surface area contributed by atoms with Crippen LogP contribution in [-0.2, 0) is 0 Å². The lowest BCUT2D eigenvalue weighted by Crippen LogP contribution is -2.45. The van der Waals surface area contributed by atoms with E-state index in [1.165, 1.54) is 12.7 Å². The Morgan fingerprint density at radius 1 is 1.18 bits per heavy atom. The Bertz CT molecular complexity index is 1040. The number of aliphatic hydroxyl groups excluding tert-OH is 2. The minimum absolute atomic E-state index is 0.213. The molecule has 3 N–H and O–H groups in total. The summed E-state index contributed by atoms with van der Waals surface area (Å²) < 4.78 is 15.0. The van der Waals surface area contributed by atoms with E-state index >= 15 is 0 Å². The zero-order valence-corrected chi connectivity index (χ0v) is 14.7. The van der Waals surface area contributed by atoms with Gasteiger partial charge in [-0.2, -0.15) is 0 Å². The van der Waals surface area contributed by atoms with E-state index in [0.717, 1.165) is 0 Å². The molecule has 0 radical (unpaired) electrons. The second kappa shape index (κ2) is 7.45. The van der Waals surface area contributed by atoms with Crippen molar-refractivity contribution in [1.29, 1.82) is 0 Å². The van der Waals surface area contributed by atoms with Crippen molar-refractivity contribution in [2.45, 2.75) is 6.04 Å². The van der Waals surface area contributed by atoms with Gasteiger partial charge in [0.2, 0.25) is 0 Å². The number of fused-ring (bicyclic) bond motifs is 1. The van der Waals surface area contributed by atoms with E-state index in [0.29, 0.717) is 28.6 Å². The van der Waals surface area contributed by atoms with Crippen LogP contribution in [-0.4, -0.2) is 48.9 Å². The second-order valence-electron chi connectivity index (χ2n) is 6.56. The highest BCUT2D eigenvalue weighted by Crippen LogP contribution is 2.49. The lowest BCUT2D eigenvalue weighted by Gasteiger charge is -2.45. The summed E-state index contributed by atoms with van der Waals surface area (Å²) in [5.74, 6) is -0.906. The van der Waals surface area contributed by atoms with Crippen LogP contribution in [0.1, 0.15) is 16.4 Å². The number of benzene rings is 1. The summed E-state index contributed by atoms with van der Waals surface area (Å²) >= 11 is 0. The summed E-state index contributed by atoms with van der Waals surface area (Å²) in [6.07, 6.45) is 3.22. The first-order valence-electron chi connectivity index (χ1n) is 8.75. The molecule has 0 saturated heterocycles. The monoisotopic (exact) mass is 383 g/mol. The maximum Gasteiger partial charge on any atom is 0.256 e. The third-order valence-electron chi connectivity index (χ3n) is 5.15. The molecule has 1 aliphatic rings. The van der Waals surface area contributed by atoms with Gasteiger partial charge in [0.15, 0.2) is 17.0 Å². The van der Waals surface area contributed by atoms with Crippen LogP contribution in [0.2, 0.25) is 0 Å². The number of nitrogens with zero attached hydrogens (tertiary/aromatic N) is 4. The molecule has 1 amide bonds. The number of aromatic nitrogens is 4. The molecule has 0 bridgehead atoms. The van der Waals surface area contributed by atoms with Crippen LogP contribution >= 0.6 is 0 Å². The van der Waals surface area contributed by atoms with E-state index in [2.05, 4.69) is 20.3 Å². The van der Waals surface area contributed by atoms with Gasteiger partial charge in [0.05, 0.1) is 25.3 Å². The number of rotatable bonds is 5. The minimum Gasteiger partial charge on any atom is -0.396 e. The molecule has 144 valence electrons. The van der Waals surface area contributed by atoms with Gasteiger partial charge in [0.1, 0.15) is 6.33 Å². The molecule has 0 spiro atoms. The summed E-state index contributed by atoms with van der Waals surface area (Å²) in [7, 11) is 0. The summed E-state index contributed by atoms with van der Waals surface area (Å²) in [6.45, 7) is -0.465. The zero-order chi connectivity index (χ0) is 19.7. The highest BCUT2D eigenvalue weighted by Gasteiger charge is 2.47. The van der Waals surface area contributed by atoms with Crippen molar-refractivity contribution in [2.75, 3.05) is 18.5 Å². The summed E-state index contributed by atoms with van der Waals surface area (Å²) in [6, 6.07) is 8.18. The van der Waals surface area contributed by atoms with E-state index in [9.17, 15) is 19.4 Å². The van der Waals surface area contributed by atoms with Gasteiger partial charge in [-0.3, -0.25) is 4.79 Å². The zero-order valence-electron chi connectivity index (χ0n) is 14.7. The summed E-state index contributed by atoms with van der Waals surface area (Å²) in [5, 5.41) is 21.8. The fourth-order valence-corrected chi connectivity index (χ4v) is 3.71. The van der Waals surface area contributed by atoms with Gasteiger partial charge < -0.3 is 20.1 Å². The van der Waals surface area contributed by atoms with Crippen molar-refractivity contribution in [3.63, 3.8) is 0 Å². The molecule has 1 aromatic carbocycles. The molecule has 0 aliphatic heterocycles. The van der Waals surface area contributed by atoms with Crippen molar-refractivity contribution >= 4 is 22.9 Å². The first-order chi connectivity index (χ1) is 13.7. The van der Waals surface area contributed by atoms with Gasteiger partial charge >= 0.3 is 0 Å². The Morgan fingerprint density at radius 3 is 2.64 bits per heavy atom. The van der Waals surface area contributed by atoms with Crippen molar-refractivity contribution in [1.82, 2.24) is 19.5 Å². The number of hydrogen-bond acceptors (Lipinski definition) is 6. The van der Waals surface area contributed by atoms with E-state index in [-0.39, 0.29) is 30.9 Å². The van der Waals surface area contributed by atoms with Gasteiger partial charge in [-0.1, -0.05) is 18.2 Å². The van der Waals surface area contributed by atoms with Crippen LogP contribution in [0.25, 0.3) is 11.2 Å². The molecule has 2 aromatic heterocycles. The fraction of sp³-hybridized carbons (Fsp3) is 0.263. The van der Waals surface area contributed by atoms with Crippen molar-refractivity contribution in [3.05, 3.63) is 60.5 Å². The molecule has 1 saturated carbocycles. The third kappa shape index (κ3) is 2.85. The van der Waals surface area contributed by atoms with E-state index in [4.69, 9.17) is 0 Å². The normalized spacial score (nSPS) is 23.0. The Balaban J connectivity index is 1.69. The number of anilines is 1. The van der Waals surface area contributed by atoms with Crippen LogP contribution in [0.4, 0.5) is 10.2 Å². The Labute approximate surface area is 159 Å². The molecule has 3 atom stereocenters. The summed E-state index contributed by atoms with van der Waals surface area (Å²) in [4.78, 5) is 25.0. The quantitative estimate of drug-likeness (QED) is 0.618. The van der Waals surface area contributed by atoms with Gasteiger partial charge in [-0.15, -0.1) is 0 Å². The van der Waals surface area contributed by atoms with Gasteiger partial charge in [-0.25, -0.2) is 19.3 Å². The predicted molar refractivity (Wildman–Crippen MR) is 99.1 cm³/mol. The standard InChI is InChI=1S/C19H18FN5O3/c20-6-12-13(7-26)14(8-27)16(12)25-10-23-15-17(21-9-22-18(15)25)24-19(28)11-4-2-1-3-5-11/h1-6,9-10,13-14,16,26-27H,7-8H2,(H,21,22,24,28)/b12-6+/t13-,14+,16+/m0/s1. The van der Waals surface area contributed by atoms with Gasteiger partial charge in [-0.05, 0) is 17.7 Å². The highest BCUT2D eigenvalue weighted by atomic mass is 19.1. The van der Waals surface area contributed by atoms with Crippen LogP contribution < -0.4 is 5.32 Å². The maximum absolute atomic E-state index is 13.4. The number of amides is 1. The van der Waals surface area contributed by atoms with Crippen LogP contribution in [0.5, 0.6) is 0 Å². The predicted octanol–water partition coefficient (Wildman–Crippen LogP) is 1.70. The maximum atomic E-state index is 13.4. The van der Waals surface area contributed by atoms with Crippen LogP contribution in [0.3, 0.4) is 0 Å². The Kier molecular flexibility index (Phi) is 4.84. The van der Waals surface area contributed by atoms with Crippen LogP contribution in [0.15, 0.2) is 54.9 Å². The topological polar surface area (TPSA) is 113 Å².